The van der Waals surface area contributed by atoms with Gasteiger partial charge >= 0.3 is 0 Å². The van der Waals surface area contributed by atoms with Crippen molar-refractivity contribution in [1.29, 1.82) is 0 Å². The average Bonchev–Trinajstić information content (AvgIpc) is 2.83. The Kier molecular flexibility index (Phi) is 5.83. The summed E-state index contributed by atoms with van der Waals surface area (Å²) in [6, 6.07) is 2.33. The number of hydrogen-bond acceptors (Lipinski definition) is 2. The lowest BCUT2D eigenvalue weighted by atomic mass is 10.1. The number of allylic oxidation sites excluding steroid dienone is 2. The lowest BCUT2D eigenvalue weighted by Crippen LogP contribution is -2.06. The van der Waals surface area contributed by atoms with E-state index in [0.717, 1.165) is 25.0 Å². The fraction of sp³-hybridized carbons (Fsp3) is 0.600. The van der Waals surface area contributed by atoms with Gasteiger partial charge in [0.1, 0.15) is 0 Å². The summed E-state index contributed by atoms with van der Waals surface area (Å²) in [5, 5.41) is 4.45. The van der Waals surface area contributed by atoms with Gasteiger partial charge in [-0.1, -0.05) is 26.3 Å². The lowest BCUT2D eigenvalue weighted by Gasteiger charge is -2.07. The van der Waals surface area contributed by atoms with Gasteiger partial charge in [0.05, 0.1) is 12.1 Å². The quantitative estimate of drug-likeness (QED) is 0.689. The first-order chi connectivity index (χ1) is 8.60. The van der Waals surface area contributed by atoms with E-state index in [0.29, 0.717) is 12.5 Å². The maximum absolute atomic E-state index is 11.9. The monoisotopic (exact) mass is 248 g/mol. The molecule has 0 saturated heterocycles. The molecule has 0 aromatic carbocycles. The lowest BCUT2D eigenvalue weighted by molar-refractivity contribution is -0.114. The SMILES string of the molecule is CCC(=CC(=O)Cc1ccn(C(C)CC)n1)CC. The standard InChI is InChI=1S/C15H24N2O/c1-5-12(4)17-9-8-14(16-17)11-15(18)10-13(6-2)7-3/h8-10,12H,5-7,11H2,1-4H3. The van der Waals surface area contributed by atoms with E-state index in [9.17, 15) is 4.79 Å². The summed E-state index contributed by atoms with van der Waals surface area (Å²) in [6.45, 7) is 8.43. The van der Waals surface area contributed by atoms with Gasteiger partial charge in [-0.2, -0.15) is 5.10 Å². The molecule has 3 heteroatoms. The minimum atomic E-state index is 0.156. The second kappa shape index (κ2) is 7.14. The smallest absolute Gasteiger partial charge is 0.161 e. The van der Waals surface area contributed by atoms with E-state index in [-0.39, 0.29) is 5.78 Å². The highest BCUT2D eigenvalue weighted by Gasteiger charge is 2.07. The highest BCUT2D eigenvalue weighted by Crippen LogP contribution is 2.11. The summed E-state index contributed by atoms with van der Waals surface area (Å²) in [6.07, 6.45) is 7.09. The molecule has 1 heterocycles. The van der Waals surface area contributed by atoms with Crippen LogP contribution in [0.2, 0.25) is 0 Å². The third kappa shape index (κ3) is 4.13. The van der Waals surface area contributed by atoms with Crippen LogP contribution in [0.5, 0.6) is 0 Å². The second-order valence-corrected chi connectivity index (χ2v) is 4.70. The number of aromatic nitrogens is 2. The molecule has 0 radical (unpaired) electrons. The van der Waals surface area contributed by atoms with Crippen LogP contribution < -0.4 is 0 Å². The topological polar surface area (TPSA) is 34.9 Å². The molecule has 0 amide bonds. The fourth-order valence-corrected chi connectivity index (χ4v) is 1.82. The summed E-state index contributed by atoms with van der Waals surface area (Å²) in [7, 11) is 0. The number of rotatable bonds is 7. The normalized spacial score (nSPS) is 12.2. The Hall–Kier alpha value is -1.38. The molecule has 3 nitrogen and oxygen atoms in total. The third-order valence-electron chi connectivity index (χ3n) is 3.33. The predicted molar refractivity (Wildman–Crippen MR) is 74.6 cm³/mol. The van der Waals surface area contributed by atoms with Crippen molar-refractivity contribution >= 4 is 5.78 Å². The first-order valence-electron chi connectivity index (χ1n) is 6.86. The van der Waals surface area contributed by atoms with Gasteiger partial charge < -0.3 is 0 Å². The highest BCUT2D eigenvalue weighted by atomic mass is 16.1. The molecule has 100 valence electrons. The van der Waals surface area contributed by atoms with Crippen molar-refractivity contribution in [2.75, 3.05) is 0 Å². The molecule has 0 fully saturated rings. The summed E-state index contributed by atoms with van der Waals surface area (Å²) in [5.41, 5.74) is 2.07. The zero-order chi connectivity index (χ0) is 13.5. The molecule has 0 N–H and O–H groups in total. The van der Waals surface area contributed by atoms with Gasteiger partial charge in [-0.25, -0.2) is 0 Å². The summed E-state index contributed by atoms with van der Waals surface area (Å²) >= 11 is 0. The van der Waals surface area contributed by atoms with Crippen molar-refractivity contribution in [1.82, 2.24) is 9.78 Å². The molecule has 1 aromatic rings. The maximum atomic E-state index is 11.9. The predicted octanol–water partition coefficient (Wildman–Crippen LogP) is 3.71. The van der Waals surface area contributed by atoms with E-state index in [1.807, 2.05) is 16.9 Å². The van der Waals surface area contributed by atoms with Crippen molar-refractivity contribution in [3.63, 3.8) is 0 Å². The molecular formula is C15H24N2O. The number of nitrogens with zero attached hydrogens (tertiary/aromatic N) is 2. The van der Waals surface area contributed by atoms with Gasteiger partial charge in [0.15, 0.2) is 5.78 Å². The molecule has 1 atom stereocenters. The first-order valence-corrected chi connectivity index (χ1v) is 6.86. The fourth-order valence-electron chi connectivity index (χ4n) is 1.82. The Bertz CT molecular complexity index is 412. The van der Waals surface area contributed by atoms with Gasteiger partial charge in [-0.05, 0) is 38.3 Å². The molecule has 1 unspecified atom stereocenters. The van der Waals surface area contributed by atoms with Crippen molar-refractivity contribution in [2.24, 2.45) is 0 Å². The minimum absolute atomic E-state index is 0.156. The van der Waals surface area contributed by atoms with Crippen LogP contribution in [0.25, 0.3) is 0 Å². The van der Waals surface area contributed by atoms with E-state index in [1.165, 1.54) is 5.57 Å². The van der Waals surface area contributed by atoms with Crippen LogP contribution in [-0.2, 0) is 11.2 Å². The Balaban J connectivity index is 2.65. The zero-order valence-electron chi connectivity index (χ0n) is 11.9. The van der Waals surface area contributed by atoms with E-state index in [2.05, 4.69) is 32.8 Å². The highest BCUT2D eigenvalue weighted by molar-refractivity contribution is 5.91. The van der Waals surface area contributed by atoms with Crippen LogP contribution >= 0.6 is 0 Å². The number of carbonyl (C=O) groups is 1. The Morgan fingerprint density at radius 1 is 1.39 bits per heavy atom. The van der Waals surface area contributed by atoms with Crippen LogP contribution in [0.4, 0.5) is 0 Å². The summed E-state index contributed by atoms with van der Waals surface area (Å²) < 4.78 is 1.94. The van der Waals surface area contributed by atoms with Gasteiger partial charge in [0.2, 0.25) is 0 Å². The van der Waals surface area contributed by atoms with E-state index >= 15 is 0 Å². The molecule has 18 heavy (non-hydrogen) atoms. The van der Waals surface area contributed by atoms with Gasteiger partial charge in [-0.15, -0.1) is 0 Å². The van der Waals surface area contributed by atoms with Crippen molar-refractivity contribution in [3.8, 4) is 0 Å². The van der Waals surface area contributed by atoms with Crippen LogP contribution in [0.1, 0.15) is 58.7 Å². The maximum Gasteiger partial charge on any atom is 0.161 e. The summed E-state index contributed by atoms with van der Waals surface area (Å²) in [4.78, 5) is 11.9. The number of ketones is 1. The molecule has 1 rings (SSSR count). The van der Waals surface area contributed by atoms with Crippen LogP contribution in [0.15, 0.2) is 23.9 Å². The van der Waals surface area contributed by atoms with E-state index < -0.39 is 0 Å². The first kappa shape index (κ1) is 14.7. The Labute approximate surface area is 110 Å². The molecule has 0 bridgehead atoms. The van der Waals surface area contributed by atoms with Crippen molar-refractivity contribution in [3.05, 3.63) is 29.6 Å². The molecule has 0 spiro atoms. The van der Waals surface area contributed by atoms with Gasteiger partial charge in [0, 0.05) is 12.2 Å². The largest absolute Gasteiger partial charge is 0.294 e. The number of hydrogen-bond donors (Lipinski definition) is 0. The Morgan fingerprint density at radius 2 is 2.06 bits per heavy atom. The van der Waals surface area contributed by atoms with E-state index in [1.54, 1.807) is 6.08 Å². The zero-order valence-corrected chi connectivity index (χ0v) is 11.9. The molecule has 0 aliphatic rings. The van der Waals surface area contributed by atoms with Crippen molar-refractivity contribution < 1.29 is 4.79 Å². The van der Waals surface area contributed by atoms with E-state index in [4.69, 9.17) is 0 Å². The summed E-state index contributed by atoms with van der Waals surface area (Å²) in [5.74, 6) is 0.156. The molecule has 1 aromatic heterocycles. The molecule has 0 aliphatic carbocycles. The van der Waals surface area contributed by atoms with Crippen LogP contribution in [0, 0.1) is 0 Å². The minimum Gasteiger partial charge on any atom is -0.294 e. The van der Waals surface area contributed by atoms with Gasteiger partial charge in [-0.3, -0.25) is 9.48 Å². The third-order valence-corrected chi connectivity index (χ3v) is 3.33. The molecule has 0 saturated carbocycles. The van der Waals surface area contributed by atoms with Gasteiger partial charge in [0.25, 0.3) is 0 Å². The average molecular weight is 248 g/mol. The van der Waals surface area contributed by atoms with Crippen LogP contribution in [0.3, 0.4) is 0 Å². The number of carbonyl (C=O) groups excluding carboxylic acids is 1. The van der Waals surface area contributed by atoms with Crippen molar-refractivity contribution in [2.45, 2.75) is 59.4 Å². The Morgan fingerprint density at radius 3 is 2.61 bits per heavy atom. The molecule has 0 aliphatic heterocycles. The molecular weight excluding hydrogens is 224 g/mol. The second-order valence-electron chi connectivity index (χ2n) is 4.70. The van der Waals surface area contributed by atoms with Crippen LogP contribution in [-0.4, -0.2) is 15.6 Å².